The number of allylic oxidation sites excluding steroid dienone is 1. The van der Waals surface area contributed by atoms with Crippen LogP contribution in [-0.2, 0) is 0 Å². The maximum absolute atomic E-state index is 12.6. The lowest BCUT2D eigenvalue weighted by Gasteiger charge is -2.15. The molecule has 0 nitrogen and oxygen atoms in total. The lowest BCUT2D eigenvalue weighted by Crippen LogP contribution is -2.01. The summed E-state index contributed by atoms with van der Waals surface area (Å²) < 4.78 is 12.6. The first-order valence-corrected chi connectivity index (χ1v) is 5.81. The summed E-state index contributed by atoms with van der Waals surface area (Å²) in [6.45, 7) is 0. The maximum Gasteiger partial charge on any atom is 0.123 e. The Labute approximate surface area is 88.2 Å². The molecule has 14 heavy (non-hydrogen) atoms. The molecule has 2 rings (SSSR count). The first-order chi connectivity index (χ1) is 6.84. The Kier molecular flexibility index (Phi) is 3.25. The molecule has 0 bridgehead atoms. The Morgan fingerprint density at radius 2 is 2.00 bits per heavy atom. The third-order valence-corrected chi connectivity index (χ3v) is 3.55. The molecule has 0 spiro atoms. The highest BCUT2D eigenvalue weighted by Crippen LogP contribution is 2.29. The molecule has 2 heteroatoms. The minimum atomic E-state index is -0.159. The summed E-state index contributed by atoms with van der Waals surface area (Å²) in [6.07, 6.45) is 8.22. The van der Waals surface area contributed by atoms with E-state index in [0.29, 0.717) is 5.25 Å². The van der Waals surface area contributed by atoms with Gasteiger partial charge in [0.15, 0.2) is 0 Å². The topological polar surface area (TPSA) is 0 Å². The molecule has 1 aliphatic carbocycles. The molecule has 0 fully saturated rings. The molecule has 1 unspecified atom stereocenters. The largest absolute Gasteiger partial charge is 0.207 e. The van der Waals surface area contributed by atoms with E-state index in [1.165, 1.54) is 31.4 Å². The summed E-state index contributed by atoms with van der Waals surface area (Å²) in [4.78, 5) is 1.16. The molecule has 0 saturated carbocycles. The van der Waals surface area contributed by atoms with Crippen molar-refractivity contribution in [2.45, 2.75) is 29.4 Å². The van der Waals surface area contributed by atoms with Crippen molar-refractivity contribution in [3.8, 4) is 0 Å². The van der Waals surface area contributed by atoms with E-state index in [2.05, 4.69) is 12.2 Å². The number of rotatable bonds is 2. The molecule has 0 aliphatic heterocycles. The summed E-state index contributed by atoms with van der Waals surface area (Å²) in [6, 6.07) is 6.74. The van der Waals surface area contributed by atoms with Gasteiger partial charge in [-0.05, 0) is 43.5 Å². The maximum atomic E-state index is 12.6. The van der Waals surface area contributed by atoms with E-state index < -0.39 is 0 Å². The molecule has 0 amide bonds. The van der Waals surface area contributed by atoms with Crippen LogP contribution in [0.4, 0.5) is 4.39 Å². The highest BCUT2D eigenvalue weighted by atomic mass is 32.2. The first kappa shape index (κ1) is 9.78. The van der Waals surface area contributed by atoms with Crippen LogP contribution in [0.15, 0.2) is 41.3 Å². The zero-order chi connectivity index (χ0) is 9.80. The van der Waals surface area contributed by atoms with Gasteiger partial charge in [0.1, 0.15) is 5.82 Å². The fourth-order valence-electron chi connectivity index (χ4n) is 1.57. The lowest BCUT2D eigenvalue weighted by molar-refractivity contribution is 0.626. The van der Waals surface area contributed by atoms with E-state index in [4.69, 9.17) is 0 Å². The van der Waals surface area contributed by atoms with Gasteiger partial charge in [0.05, 0.1) is 0 Å². The average molecular weight is 208 g/mol. The van der Waals surface area contributed by atoms with Crippen LogP contribution < -0.4 is 0 Å². The Morgan fingerprint density at radius 1 is 1.21 bits per heavy atom. The van der Waals surface area contributed by atoms with Crippen molar-refractivity contribution in [2.24, 2.45) is 0 Å². The molecule has 74 valence electrons. The van der Waals surface area contributed by atoms with Gasteiger partial charge in [-0.1, -0.05) is 12.2 Å². The second-order valence-electron chi connectivity index (χ2n) is 3.47. The van der Waals surface area contributed by atoms with Crippen molar-refractivity contribution >= 4 is 11.8 Å². The van der Waals surface area contributed by atoms with Crippen LogP contribution in [0.25, 0.3) is 0 Å². The van der Waals surface area contributed by atoms with Gasteiger partial charge in [0, 0.05) is 10.1 Å². The molecule has 0 radical (unpaired) electrons. The van der Waals surface area contributed by atoms with Crippen molar-refractivity contribution in [1.82, 2.24) is 0 Å². The van der Waals surface area contributed by atoms with Crippen LogP contribution in [0.5, 0.6) is 0 Å². The highest BCUT2D eigenvalue weighted by Gasteiger charge is 2.09. The minimum Gasteiger partial charge on any atom is -0.207 e. The number of thioether (sulfide) groups is 1. The number of halogens is 1. The first-order valence-electron chi connectivity index (χ1n) is 4.93. The Morgan fingerprint density at radius 3 is 2.64 bits per heavy atom. The van der Waals surface area contributed by atoms with Crippen LogP contribution >= 0.6 is 11.8 Å². The lowest BCUT2D eigenvalue weighted by atomic mass is 10.1. The van der Waals surface area contributed by atoms with Gasteiger partial charge in [-0.3, -0.25) is 0 Å². The predicted molar refractivity (Wildman–Crippen MR) is 59.0 cm³/mol. The van der Waals surface area contributed by atoms with Crippen LogP contribution in [-0.4, -0.2) is 5.25 Å². The van der Waals surface area contributed by atoms with E-state index >= 15 is 0 Å². The Bertz CT molecular complexity index is 316. The molecule has 0 saturated heterocycles. The molecule has 1 aliphatic rings. The molecule has 0 heterocycles. The van der Waals surface area contributed by atoms with E-state index in [-0.39, 0.29) is 5.82 Å². The fourth-order valence-corrected chi connectivity index (χ4v) is 2.68. The summed E-state index contributed by atoms with van der Waals surface area (Å²) in [7, 11) is 0. The SMILES string of the molecule is Fc1ccc(SC2C=CCCC2)cc1. The predicted octanol–water partition coefficient (Wildman–Crippen LogP) is 4.03. The zero-order valence-corrected chi connectivity index (χ0v) is 8.77. The van der Waals surface area contributed by atoms with Crippen LogP contribution in [0.2, 0.25) is 0 Å². The third kappa shape index (κ3) is 2.61. The van der Waals surface area contributed by atoms with E-state index in [1.807, 2.05) is 23.9 Å². The van der Waals surface area contributed by atoms with Crippen molar-refractivity contribution in [2.75, 3.05) is 0 Å². The Balaban J connectivity index is 1.99. The Hall–Kier alpha value is -0.760. The summed E-state index contributed by atoms with van der Waals surface area (Å²) in [5, 5.41) is 0.578. The number of hydrogen-bond acceptors (Lipinski definition) is 1. The van der Waals surface area contributed by atoms with Gasteiger partial charge in [0.2, 0.25) is 0 Å². The van der Waals surface area contributed by atoms with Gasteiger partial charge in [0.25, 0.3) is 0 Å². The van der Waals surface area contributed by atoms with Gasteiger partial charge in [-0.2, -0.15) is 0 Å². The van der Waals surface area contributed by atoms with Crippen LogP contribution in [0.3, 0.4) is 0 Å². The molecule has 1 atom stereocenters. The van der Waals surface area contributed by atoms with Crippen molar-refractivity contribution in [3.05, 3.63) is 42.2 Å². The molecule has 0 N–H and O–H groups in total. The summed E-state index contributed by atoms with van der Waals surface area (Å²) in [5.74, 6) is -0.159. The second kappa shape index (κ2) is 4.65. The third-order valence-electron chi connectivity index (χ3n) is 2.31. The normalized spacial score (nSPS) is 21.1. The molecule has 1 aromatic carbocycles. The van der Waals surface area contributed by atoms with E-state index in [1.54, 1.807) is 0 Å². The van der Waals surface area contributed by atoms with E-state index in [9.17, 15) is 4.39 Å². The quantitative estimate of drug-likeness (QED) is 0.661. The standard InChI is InChI=1S/C12H13FS/c13-10-6-8-12(9-7-10)14-11-4-2-1-3-5-11/h2,4,6-9,11H,1,3,5H2. The molecule has 0 aromatic heterocycles. The van der Waals surface area contributed by atoms with Gasteiger partial charge in [-0.25, -0.2) is 4.39 Å². The highest BCUT2D eigenvalue weighted by molar-refractivity contribution is 8.00. The van der Waals surface area contributed by atoms with E-state index in [0.717, 1.165) is 4.90 Å². The van der Waals surface area contributed by atoms with Gasteiger partial charge >= 0.3 is 0 Å². The monoisotopic (exact) mass is 208 g/mol. The molecular weight excluding hydrogens is 195 g/mol. The average Bonchev–Trinajstić information content (AvgIpc) is 2.23. The minimum absolute atomic E-state index is 0.159. The summed E-state index contributed by atoms with van der Waals surface area (Å²) >= 11 is 1.82. The van der Waals surface area contributed by atoms with Gasteiger partial charge in [-0.15, -0.1) is 11.8 Å². The second-order valence-corrected chi connectivity index (χ2v) is 4.78. The van der Waals surface area contributed by atoms with Crippen LogP contribution in [0.1, 0.15) is 19.3 Å². The van der Waals surface area contributed by atoms with Crippen LogP contribution in [0, 0.1) is 5.82 Å². The molecule has 1 aromatic rings. The van der Waals surface area contributed by atoms with Crippen molar-refractivity contribution in [3.63, 3.8) is 0 Å². The fraction of sp³-hybridized carbons (Fsp3) is 0.333. The van der Waals surface area contributed by atoms with Crippen molar-refractivity contribution in [1.29, 1.82) is 0 Å². The van der Waals surface area contributed by atoms with Crippen molar-refractivity contribution < 1.29 is 4.39 Å². The zero-order valence-electron chi connectivity index (χ0n) is 7.95. The number of hydrogen-bond donors (Lipinski definition) is 0. The number of benzene rings is 1. The smallest absolute Gasteiger partial charge is 0.123 e. The van der Waals surface area contributed by atoms with Gasteiger partial charge < -0.3 is 0 Å². The summed E-state index contributed by atoms with van der Waals surface area (Å²) in [5.41, 5.74) is 0. The molecular formula is C12H13FS.